The number of hydrogen-bond acceptors (Lipinski definition) is 4. The molecule has 142 valence electrons. The monoisotopic (exact) mass is 354 g/mol. The molecule has 1 aliphatic rings. The number of allylic oxidation sites excluding steroid dienone is 1. The van der Waals surface area contributed by atoms with Crippen LogP contribution in [-0.2, 0) is 5.41 Å². The predicted octanol–water partition coefficient (Wildman–Crippen LogP) is 3.34. The van der Waals surface area contributed by atoms with E-state index in [0.717, 1.165) is 49.7 Å². The summed E-state index contributed by atoms with van der Waals surface area (Å²) in [7, 11) is 1.76. The van der Waals surface area contributed by atoms with Crippen molar-refractivity contribution >= 4 is 6.21 Å². The Morgan fingerprint density at radius 3 is 2.31 bits per heavy atom. The van der Waals surface area contributed by atoms with Crippen molar-refractivity contribution in [3.63, 3.8) is 0 Å². The first-order valence-electron chi connectivity index (χ1n) is 9.37. The van der Waals surface area contributed by atoms with E-state index in [1.54, 1.807) is 13.3 Å². The summed E-state index contributed by atoms with van der Waals surface area (Å²) in [6, 6.07) is 8.93. The van der Waals surface area contributed by atoms with E-state index in [0.29, 0.717) is 0 Å². The van der Waals surface area contributed by atoms with Gasteiger partial charge in [-0.2, -0.15) is 0 Å². The first-order valence-corrected chi connectivity index (χ1v) is 9.37. The number of benzene rings is 1. The van der Waals surface area contributed by atoms with Crippen LogP contribution in [0.5, 0.6) is 0 Å². The molecule has 2 rings (SSSR count). The minimum Gasteiger partial charge on any atom is -0.397 e. The molecule has 2 N–H and O–H groups in total. The summed E-state index contributed by atoms with van der Waals surface area (Å²) < 4.78 is 0. The van der Waals surface area contributed by atoms with Gasteiger partial charge in [-0.1, -0.05) is 50.3 Å². The molecule has 1 aromatic carbocycles. The molecule has 0 radical (unpaired) electrons. The number of aliphatic imine (C=N–C) groups is 1. The molecule has 1 saturated heterocycles. The topological polar surface area (TPSA) is 44.9 Å². The van der Waals surface area contributed by atoms with Crippen molar-refractivity contribution in [2.45, 2.75) is 33.1 Å². The third-order valence-corrected chi connectivity index (χ3v) is 5.26. The molecule has 0 amide bonds. The highest BCUT2D eigenvalue weighted by Gasteiger charge is 2.27. The largest absolute Gasteiger partial charge is 0.397 e. The lowest BCUT2D eigenvalue weighted by Gasteiger charge is -2.40. The number of hydrogen-bond donors (Lipinski definition) is 1. The minimum absolute atomic E-state index is 0.139. The van der Waals surface area contributed by atoms with Crippen LogP contribution in [0.1, 0.15) is 31.9 Å². The van der Waals surface area contributed by atoms with Gasteiger partial charge in [-0.3, -0.25) is 9.89 Å². The van der Waals surface area contributed by atoms with Gasteiger partial charge in [-0.05, 0) is 25.0 Å². The summed E-state index contributed by atoms with van der Waals surface area (Å²) >= 11 is 0. The maximum atomic E-state index is 6.24. The van der Waals surface area contributed by atoms with Crippen molar-refractivity contribution in [1.82, 2.24) is 9.80 Å². The fourth-order valence-electron chi connectivity index (χ4n) is 3.49. The first-order chi connectivity index (χ1) is 12.2. The Labute approximate surface area is 159 Å². The third kappa shape index (κ3) is 4.98. The molecular formula is C22H34N4. The van der Waals surface area contributed by atoms with E-state index < -0.39 is 0 Å². The average molecular weight is 355 g/mol. The standard InChI is InChI=1S/C22H34N4/c1-17-7-9-20(10-8-17)22(4,5)16-25-11-13-26(14-12-25)19(3)21(23)18(2)15-24-6/h7-10,15H,3,11-14,16,23H2,1-2,4-6H3. The normalized spacial score (nSPS) is 17.5. The summed E-state index contributed by atoms with van der Waals surface area (Å²) in [6.45, 7) is 18.0. The molecule has 0 aliphatic carbocycles. The zero-order chi connectivity index (χ0) is 19.3. The Balaban J connectivity index is 1.95. The van der Waals surface area contributed by atoms with Gasteiger partial charge < -0.3 is 10.6 Å². The Morgan fingerprint density at radius 2 is 1.77 bits per heavy atom. The van der Waals surface area contributed by atoms with Gasteiger partial charge in [0.1, 0.15) is 0 Å². The van der Waals surface area contributed by atoms with Crippen LogP contribution in [0.4, 0.5) is 0 Å². The predicted molar refractivity (Wildman–Crippen MR) is 113 cm³/mol. The van der Waals surface area contributed by atoms with Gasteiger partial charge >= 0.3 is 0 Å². The minimum atomic E-state index is 0.139. The molecule has 1 aliphatic heterocycles. The van der Waals surface area contributed by atoms with Crippen LogP contribution < -0.4 is 5.73 Å². The van der Waals surface area contributed by atoms with Crippen molar-refractivity contribution in [2.24, 2.45) is 10.7 Å². The Hall–Kier alpha value is -2.07. The molecule has 1 aromatic rings. The van der Waals surface area contributed by atoms with E-state index in [-0.39, 0.29) is 5.41 Å². The Kier molecular flexibility index (Phi) is 6.65. The van der Waals surface area contributed by atoms with Crippen LogP contribution >= 0.6 is 0 Å². The summed E-state index contributed by atoms with van der Waals surface area (Å²) in [6.07, 6.45) is 1.79. The number of rotatable bonds is 6. The lowest BCUT2D eigenvalue weighted by Crippen LogP contribution is -2.49. The van der Waals surface area contributed by atoms with Crippen LogP contribution in [0, 0.1) is 6.92 Å². The lowest BCUT2D eigenvalue weighted by atomic mass is 9.83. The van der Waals surface area contributed by atoms with Gasteiger partial charge in [0.05, 0.1) is 11.4 Å². The number of nitrogens with zero attached hydrogens (tertiary/aromatic N) is 3. The van der Waals surface area contributed by atoms with Gasteiger partial charge in [-0.15, -0.1) is 0 Å². The average Bonchev–Trinajstić information content (AvgIpc) is 2.61. The van der Waals surface area contributed by atoms with E-state index in [1.165, 1.54) is 11.1 Å². The number of aryl methyl sites for hydroxylation is 1. The fourth-order valence-corrected chi connectivity index (χ4v) is 3.49. The lowest BCUT2D eigenvalue weighted by molar-refractivity contribution is 0.138. The van der Waals surface area contributed by atoms with Crippen LogP contribution in [0.3, 0.4) is 0 Å². The fraction of sp³-hybridized carbons (Fsp3) is 0.500. The summed E-state index contributed by atoms with van der Waals surface area (Å²) in [5.41, 5.74) is 11.7. The zero-order valence-electron chi connectivity index (χ0n) is 17.0. The maximum Gasteiger partial charge on any atom is 0.0590 e. The second-order valence-corrected chi connectivity index (χ2v) is 7.94. The van der Waals surface area contributed by atoms with E-state index in [9.17, 15) is 0 Å². The van der Waals surface area contributed by atoms with Crippen molar-refractivity contribution in [1.29, 1.82) is 0 Å². The Bertz CT molecular complexity index is 675. The van der Waals surface area contributed by atoms with Crippen molar-refractivity contribution in [3.05, 3.63) is 58.9 Å². The molecule has 0 spiro atoms. The van der Waals surface area contributed by atoms with E-state index in [1.807, 2.05) is 6.92 Å². The first kappa shape index (κ1) is 20.2. The second kappa shape index (κ2) is 8.54. The number of piperazine rings is 1. The zero-order valence-corrected chi connectivity index (χ0v) is 17.0. The molecule has 1 fully saturated rings. The molecule has 4 nitrogen and oxygen atoms in total. The van der Waals surface area contributed by atoms with Crippen LogP contribution in [0.25, 0.3) is 0 Å². The Morgan fingerprint density at radius 1 is 1.19 bits per heavy atom. The smallest absolute Gasteiger partial charge is 0.0590 e. The van der Waals surface area contributed by atoms with Crippen LogP contribution in [-0.4, -0.2) is 55.8 Å². The third-order valence-electron chi connectivity index (χ3n) is 5.26. The number of nitrogens with two attached hydrogens (primary N) is 1. The highest BCUT2D eigenvalue weighted by molar-refractivity contribution is 5.79. The van der Waals surface area contributed by atoms with Crippen molar-refractivity contribution in [2.75, 3.05) is 39.8 Å². The van der Waals surface area contributed by atoms with Crippen molar-refractivity contribution in [3.8, 4) is 0 Å². The van der Waals surface area contributed by atoms with Gasteiger partial charge in [0, 0.05) is 51.4 Å². The molecule has 26 heavy (non-hydrogen) atoms. The molecule has 0 saturated carbocycles. The molecule has 4 heteroatoms. The van der Waals surface area contributed by atoms with Crippen molar-refractivity contribution < 1.29 is 0 Å². The van der Waals surface area contributed by atoms with E-state index in [2.05, 4.69) is 66.4 Å². The van der Waals surface area contributed by atoms with Gasteiger partial charge in [0.25, 0.3) is 0 Å². The summed E-state index contributed by atoms with van der Waals surface area (Å²) in [4.78, 5) is 8.87. The molecule has 0 atom stereocenters. The molecular weight excluding hydrogens is 320 g/mol. The van der Waals surface area contributed by atoms with Gasteiger partial charge in [-0.25, -0.2) is 0 Å². The molecule has 0 aromatic heterocycles. The highest BCUT2D eigenvalue weighted by Crippen LogP contribution is 2.26. The molecule has 0 bridgehead atoms. The SMILES string of the molecule is C=C(C(N)=C(C)C=NC)N1CCN(CC(C)(C)c2ccc(C)cc2)CC1. The van der Waals surface area contributed by atoms with E-state index >= 15 is 0 Å². The molecule has 0 unspecified atom stereocenters. The van der Waals surface area contributed by atoms with Crippen LogP contribution in [0.2, 0.25) is 0 Å². The molecule has 1 heterocycles. The second-order valence-electron chi connectivity index (χ2n) is 7.94. The summed E-state index contributed by atoms with van der Waals surface area (Å²) in [5, 5.41) is 0. The van der Waals surface area contributed by atoms with Gasteiger partial charge in [0.2, 0.25) is 0 Å². The summed E-state index contributed by atoms with van der Waals surface area (Å²) in [5.74, 6) is 0. The quantitative estimate of drug-likeness (QED) is 0.629. The maximum absolute atomic E-state index is 6.24. The highest BCUT2D eigenvalue weighted by atomic mass is 15.3. The van der Waals surface area contributed by atoms with Gasteiger partial charge in [0.15, 0.2) is 0 Å². The van der Waals surface area contributed by atoms with Crippen LogP contribution in [0.15, 0.2) is 52.8 Å². The van der Waals surface area contributed by atoms with E-state index in [4.69, 9.17) is 5.73 Å².